The van der Waals surface area contributed by atoms with Crippen molar-refractivity contribution in [3.8, 4) is 5.75 Å². The minimum atomic E-state index is -0.698. The molecule has 26 heavy (non-hydrogen) atoms. The molecule has 0 saturated heterocycles. The summed E-state index contributed by atoms with van der Waals surface area (Å²) in [5.41, 5.74) is 1.63. The van der Waals surface area contributed by atoms with Crippen molar-refractivity contribution >= 4 is 17.5 Å². The summed E-state index contributed by atoms with van der Waals surface area (Å²) in [6.45, 7) is 9.38. The fourth-order valence-corrected chi connectivity index (χ4v) is 2.31. The number of hydrogen-bond acceptors (Lipinski definition) is 3. The molecule has 0 bridgehead atoms. The third-order valence-corrected chi connectivity index (χ3v) is 3.62. The molecule has 138 valence electrons. The Hall–Kier alpha value is -2.82. The monoisotopic (exact) mass is 354 g/mol. The van der Waals surface area contributed by atoms with Gasteiger partial charge in [-0.2, -0.15) is 0 Å². The lowest BCUT2D eigenvalue weighted by molar-refractivity contribution is -0.122. The van der Waals surface area contributed by atoms with Gasteiger partial charge in [-0.3, -0.25) is 9.59 Å². The molecule has 0 spiro atoms. The lowest BCUT2D eigenvalue weighted by atomic mass is 10.1. The molecule has 2 aromatic carbocycles. The molecule has 0 aromatic heterocycles. The zero-order valence-electron chi connectivity index (χ0n) is 15.9. The lowest BCUT2D eigenvalue weighted by Crippen LogP contribution is -2.41. The Balaban J connectivity index is 2.08. The van der Waals surface area contributed by atoms with Crippen LogP contribution in [0.5, 0.6) is 5.75 Å². The summed E-state index contributed by atoms with van der Waals surface area (Å²) in [5, 5.41) is 5.69. The average Bonchev–Trinajstić information content (AvgIpc) is 2.55. The van der Waals surface area contributed by atoms with E-state index in [2.05, 4.69) is 10.6 Å². The Morgan fingerprint density at radius 1 is 1.00 bits per heavy atom. The van der Waals surface area contributed by atoms with Crippen molar-refractivity contribution < 1.29 is 14.3 Å². The largest absolute Gasteiger partial charge is 0.481 e. The Morgan fingerprint density at radius 2 is 1.62 bits per heavy atom. The molecule has 5 nitrogen and oxygen atoms in total. The molecule has 1 atom stereocenters. The number of amides is 2. The first-order valence-corrected chi connectivity index (χ1v) is 8.61. The second-order valence-corrected chi connectivity index (χ2v) is 7.31. The second-order valence-electron chi connectivity index (χ2n) is 7.31. The van der Waals surface area contributed by atoms with Crippen molar-refractivity contribution in [3.05, 3.63) is 59.7 Å². The highest BCUT2D eigenvalue weighted by atomic mass is 16.5. The van der Waals surface area contributed by atoms with Gasteiger partial charge in [-0.15, -0.1) is 0 Å². The van der Waals surface area contributed by atoms with E-state index < -0.39 is 6.10 Å². The molecule has 2 rings (SSSR count). The normalized spacial score (nSPS) is 12.2. The summed E-state index contributed by atoms with van der Waals surface area (Å²) in [4.78, 5) is 24.9. The van der Waals surface area contributed by atoms with E-state index in [4.69, 9.17) is 4.74 Å². The predicted octanol–water partition coefficient (Wildman–Crippen LogP) is 3.93. The van der Waals surface area contributed by atoms with Crippen molar-refractivity contribution in [1.82, 2.24) is 5.32 Å². The van der Waals surface area contributed by atoms with Gasteiger partial charge in [0, 0.05) is 5.54 Å². The van der Waals surface area contributed by atoms with E-state index in [1.807, 2.05) is 52.0 Å². The van der Waals surface area contributed by atoms with Crippen LogP contribution in [0.2, 0.25) is 0 Å². The van der Waals surface area contributed by atoms with Gasteiger partial charge in [-0.25, -0.2) is 0 Å². The van der Waals surface area contributed by atoms with Crippen LogP contribution in [-0.2, 0) is 4.79 Å². The van der Waals surface area contributed by atoms with Gasteiger partial charge in [0.15, 0.2) is 6.10 Å². The van der Waals surface area contributed by atoms with Crippen LogP contribution in [0.4, 0.5) is 5.69 Å². The van der Waals surface area contributed by atoms with E-state index in [9.17, 15) is 9.59 Å². The predicted molar refractivity (Wildman–Crippen MR) is 104 cm³/mol. The Bertz CT molecular complexity index is 777. The van der Waals surface area contributed by atoms with Crippen molar-refractivity contribution in [1.29, 1.82) is 0 Å². The summed E-state index contributed by atoms with van der Waals surface area (Å²) >= 11 is 0. The first-order chi connectivity index (χ1) is 12.2. The van der Waals surface area contributed by atoms with E-state index in [1.54, 1.807) is 31.2 Å². The number of aryl methyl sites for hydroxylation is 1. The van der Waals surface area contributed by atoms with E-state index in [0.717, 1.165) is 5.56 Å². The fourth-order valence-electron chi connectivity index (χ4n) is 2.31. The highest BCUT2D eigenvalue weighted by Gasteiger charge is 2.21. The van der Waals surface area contributed by atoms with Crippen molar-refractivity contribution in [2.24, 2.45) is 0 Å². The SMILES string of the molecule is Cc1ccc(O[C@@H](C)C(=O)Nc2ccccc2C(=O)NC(C)(C)C)cc1. The first-order valence-electron chi connectivity index (χ1n) is 8.61. The topological polar surface area (TPSA) is 67.4 Å². The minimum Gasteiger partial charge on any atom is -0.481 e. The molecule has 0 aliphatic heterocycles. The maximum atomic E-state index is 12.5. The maximum Gasteiger partial charge on any atom is 0.265 e. The van der Waals surface area contributed by atoms with Crippen LogP contribution in [0, 0.1) is 6.92 Å². The number of rotatable bonds is 5. The number of para-hydroxylation sites is 1. The molecule has 0 heterocycles. The van der Waals surface area contributed by atoms with Crippen LogP contribution in [0.1, 0.15) is 43.6 Å². The molecule has 2 amide bonds. The molecule has 0 aliphatic carbocycles. The maximum absolute atomic E-state index is 12.5. The first kappa shape index (κ1) is 19.5. The molecule has 2 N–H and O–H groups in total. The van der Waals surface area contributed by atoms with Gasteiger partial charge in [-0.05, 0) is 58.9 Å². The molecule has 0 unspecified atom stereocenters. The number of benzene rings is 2. The minimum absolute atomic E-state index is 0.236. The van der Waals surface area contributed by atoms with Gasteiger partial charge >= 0.3 is 0 Å². The number of anilines is 1. The molecule has 0 fully saturated rings. The molecule has 0 radical (unpaired) electrons. The van der Waals surface area contributed by atoms with Gasteiger partial charge in [0.2, 0.25) is 0 Å². The van der Waals surface area contributed by atoms with E-state index >= 15 is 0 Å². The van der Waals surface area contributed by atoms with Crippen LogP contribution in [0.3, 0.4) is 0 Å². The van der Waals surface area contributed by atoms with Gasteiger partial charge < -0.3 is 15.4 Å². The third kappa shape index (κ3) is 5.62. The van der Waals surface area contributed by atoms with Gasteiger partial charge in [0.1, 0.15) is 5.75 Å². The van der Waals surface area contributed by atoms with Crippen LogP contribution < -0.4 is 15.4 Å². The van der Waals surface area contributed by atoms with Crippen molar-refractivity contribution in [2.45, 2.75) is 46.3 Å². The highest BCUT2D eigenvalue weighted by Crippen LogP contribution is 2.18. The van der Waals surface area contributed by atoms with Gasteiger partial charge in [-0.1, -0.05) is 29.8 Å². The quantitative estimate of drug-likeness (QED) is 0.855. The van der Waals surface area contributed by atoms with Crippen LogP contribution >= 0.6 is 0 Å². The Labute approximate surface area is 154 Å². The fraction of sp³-hybridized carbons (Fsp3) is 0.333. The molecule has 2 aromatic rings. The standard InChI is InChI=1S/C21H26N2O3/c1-14-10-12-16(13-11-14)26-15(2)19(24)22-18-9-7-6-8-17(18)20(25)23-21(3,4)5/h6-13,15H,1-5H3,(H,22,24)(H,23,25)/t15-/m0/s1. The summed E-state index contributed by atoms with van der Waals surface area (Å²) in [5.74, 6) is 0.0686. The highest BCUT2D eigenvalue weighted by molar-refractivity contribution is 6.04. The Morgan fingerprint density at radius 3 is 2.23 bits per heavy atom. The van der Waals surface area contributed by atoms with Crippen LogP contribution in [-0.4, -0.2) is 23.5 Å². The number of nitrogens with one attached hydrogen (secondary N) is 2. The summed E-state index contributed by atoms with van der Waals surface area (Å²) in [6.07, 6.45) is -0.698. The summed E-state index contributed by atoms with van der Waals surface area (Å²) in [6, 6.07) is 14.4. The average molecular weight is 354 g/mol. The Kier molecular flexibility index (Phi) is 6.03. The summed E-state index contributed by atoms with van der Waals surface area (Å²) < 4.78 is 5.67. The van der Waals surface area contributed by atoms with Crippen molar-refractivity contribution in [2.75, 3.05) is 5.32 Å². The number of hydrogen-bond donors (Lipinski definition) is 2. The van der Waals surface area contributed by atoms with E-state index in [1.165, 1.54) is 0 Å². The number of carbonyl (C=O) groups is 2. The van der Waals surface area contributed by atoms with Gasteiger partial charge in [0.25, 0.3) is 11.8 Å². The molecular weight excluding hydrogens is 328 g/mol. The van der Waals surface area contributed by atoms with Gasteiger partial charge in [0.05, 0.1) is 11.3 Å². The lowest BCUT2D eigenvalue weighted by Gasteiger charge is -2.22. The third-order valence-electron chi connectivity index (χ3n) is 3.62. The van der Waals surface area contributed by atoms with E-state index in [-0.39, 0.29) is 17.4 Å². The zero-order valence-corrected chi connectivity index (χ0v) is 15.9. The van der Waals surface area contributed by atoms with Crippen molar-refractivity contribution in [3.63, 3.8) is 0 Å². The van der Waals surface area contributed by atoms with Crippen LogP contribution in [0.25, 0.3) is 0 Å². The second kappa shape index (κ2) is 8.04. The zero-order chi connectivity index (χ0) is 19.3. The van der Waals surface area contributed by atoms with E-state index in [0.29, 0.717) is 17.0 Å². The van der Waals surface area contributed by atoms with Crippen LogP contribution in [0.15, 0.2) is 48.5 Å². The molecule has 0 saturated carbocycles. The molecule has 5 heteroatoms. The molecule has 0 aliphatic rings. The number of ether oxygens (including phenoxy) is 1. The smallest absolute Gasteiger partial charge is 0.265 e. The molecular formula is C21H26N2O3. The number of carbonyl (C=O) groups excluding carboxylic acids is 2. The summed E-state index contributed by atoms with van der Waals surface area (Å²) in [7, 11) is 0.